The number of hydrogen-bond donors (Lipinski definition) is 1. The van der Waals surface area contributed by atoms with Crippen LogP contribution in [0, 0.1) is 11.6 Å². The molecule has 0 aromatic heterocycles. The highest BCUT2D eigenvalue weighted by Gasteiger charge is 2.05. The number of halogens is 2. The summed E-state index contributed by atoms with van der Waals surface area (Å²) in [5.41, 5.74) is 7.44. The zero-order chi connectivity index (χ0) is 11.5. The van der Waals surface area contributed by atoms with Gasteiger partial charge in [0.25, 0.3) is 0 Å². The number of hydrogen-bond acceptors (Lipinski definition) is 1. The van der Waals surface area contributed by atoms with Crippen LogP contribution in [0.25, 0.3) is 0 Å². The molecule has 0 bridgehead atoms. The summed E-state index contributed by atoms with van der Waals surface area (Å²) < 4.78 is 26.3. The van der Waals surface area contributed by atoms with E-state index in [0.717, 1.165) is 17.7 Å². The van der Waals surface area contributed by atoms with Crippen molar-refractivity contribution in [2.24, 2.45) is 0 Å². The van der Waals surface area contributed by atoms with Gasteiger partial charge >= 0.3 is 0 Å². The molecule has 2 rings (SSSR count). The molecule has 16 heavy (non-hydrogen) atoms. The molecule has 0 atom stereocenters. The summed E-state index contributed by atoms with van der Waals surface area (Å²) in [4.78, 5) is 0. The Kier molecular flexibility index (Phi) is 2.86. The Morgan fingerprint density at radius 3 is 2.56 bits per heavy atom. The molecule has 0 radical (unpaired) electrons. The lowest BCUT2D eigenvalue weighted by Gasteiger charge is -2.04. The van der Waals surface area contributed by atoms with Crippen molar-refractivity contribution in [2.45, 2.75) is 6.42 Å². The molecule has 0 heterocycles. The summed E-state index contributed by atoms with van der Waals surface area (Å²) in [6.45, 7) is 0. The minimum atomic E-state index is -0.430. The Morgan fingerprint density at radius 2 is 1.81 bits per heavy atom. The second-order valence-corrected chi connectivity index (χ2v) is 3.66. The first kappa shape index (κ1) is 10.6. The van der Waals surface area contributed by atoms with E-state index in [9.17, 15) is 8.78 Å². The number of nitrogens with two attached hydrogens (primary N) is 1. The molecule has 0 unspecified atom stereocenters. The molecule has 0 fully saturated rings. The van der Waals surface area contributed by atoms with E-state index in [1.807, 2.05) is 6.07 Å². The van der Waals surface area contributed by atoms with Crippen LogP contribution >= 0.6 is 0 Å². The fourth-order valence-corrected chi connectivity index (χ4v) is 1.60. The Hall–Kier alpha value is -1.90. The first-order chi connectivity index (χ1) is 7.65. The smallest absolute Gasteiger partial charge is 0.126 e. The van der Waals surface area contributed by atoms with Crippen LogP contribution < -0.4 is 5.73 Å². The zero-order valence-corrected chi connectivity index (χ0v) is 8.58. The van der Waals surface area contributed by atoms with Gasteiger partial charge < -0.3 is 5.73 Å². The highest BCUT2D eigenvalue weighted by molar-refractivity contribution is 5.42. The van der Waals surface area contributed by atoms with E-state index in [1.165, 1.54) is 6.07 Å². The molecular formula is C13H11F2N. The van der Waals surface area contributed by atoms with Gasteiger partial charge in [0.05, 0.1) is 0 Å². The van der Waals surface area contributed by atoms with Crippen LogP contribution in [-0.4, -0.2) is 0 Å². The fraction of sp³-hybridized carbons (Fsp3) is 0.0769. The largest absolute Gasteiger partial charge is 0.399 e. The highest BCUT2D eigenvalue weighted by atomic mass is 19.1. The summed E-state index contributed by atoms with van der Waals surface area (Å²) in [7, 11) is 0. The van der Waals surface area contributed by atoms with Crippen molar-refractivity contribution in [3.8, 4) is 0 Å². The summed E-state index contributed by atoms with van der Waals surface area (Å²) in [5.74, 6) is -0.830. The van der Waals surface area contributed by atoms with E-state index in [-0.39, 0.29) is 0 Å². The van der Waals surface area contributed by atoms with Crippen LogP contribution in [-0.2, 0) is 6.42 Å². The van der Waals surface area contributed by atoms with Crippen LogP contribution in [0.3, 0.4) is 0 Å². The number of benzene rings is 2. The summed E-state index contributed by atoms with van der Waals surface area (Å²) in [5, 5.41) is 0. The normalized spacial score (nSPS) is 10.4. The Labute approximate surface area is 92.5 Å². The van der Waals surface area contributed by atoms with E-state index < -0.39 is 11.6 Å². The molecule has 0 aliphatic carbocycles. The zero-order valence-electron chi connectivity index (χ0n) is 8.58. The monoisotopic (exact) mass is 219 g/mol. The first-order valence-corrected chi connectivity index (χ1v) is 4.93. The molecule has 2 aromatic carbocycles. The van der Waals surface area contributed by atoms with Gasteiger partial charge in [-0.1, -0.05) is 12.1 Å². The second kappa shape index (κ2) is 4.31. The Bertz CT molecular complexity index is 509. The van der Waals surface area contributed by atoms with Gasteiger partial charge in [-0.05, 0) is 41.5 Å². The Morgan fingerprint density at radius 1 is 1.00 bits per heavy atom. The number of rotatable bonds is 2. The van der Waals surface area contributed by atoms with Crippen LogP contribution in [0.2, 0.25) is 0 Å². The maximum absolute atomic E-state index is 13.4. The third kappa shape index (κ3) is 2.37. The SMILES string of the molecule is Nc1cccc(Cc2cc(F)ccc2F)c1. The predicted octanol–water partition coefficient (Wildman–Crippen LogP) is 3.14. The van der Waals surface area contributed by atoms with Gasteiger partial charge in [-0.15, -0.1) is 0 Å². The van der Waals surface area contributed by atoms with Crippen molar-refractivity contribution in [1.29, 1.82) is 0 Å². The van der Waals surface area contributed by atoms with Gasteiger partial charge in [0.1, 0.15) is 11.6 Å². The average Bonchev–Trinajstić information content (AvgIpc) is 2.24. The molecule has 1 nitrogen and oxygen atoms in total. The van der Waals surface area contributed by atoms with Gasteiger partial charge in [-0.3, -0.25) is 0 Å². The van der Waals surface area contributed by atoms with Gasteiger partial charge in [0.15, 0.2) is 0 Å². The van der Waals surface area contributed by atoms with E-state index in [1.54, 1.807) is 18.2 Å². The van der Waals surface area contributed by atoms with Gasteiger partial charge in [-0.25, -0.2) is 8.78 Å². The van der Waals surface area contributed by atoms with Crippen molar-refractivity contribution in [1.82, 2.24) is 0 Å². The first-order valence-electron chi connectivity index (χ1n) is 4.93. The number of nitrogen functional groups attached to an aromatic ring is 1. The topological polar surface area (TPSA) is 26.0 Å². The van der Waals surface area contributed by atoms with Crippen LogP contribution in [0.1, 0.15) is 11.1 Å². The molecule has 0 aliphatic heterocycles. The van der Waals surface area contributed by atoms with Gasteiger partial charge in [0.2, 0.25) is 0 Å². The summed E-state index contributed by atoms with van der Waals surface area (Å²) in [6.07, 6.45) is 0.342. The second-order valence-electron chi connectivity index (χ2n) is 3.66. The highest BCUT2D eigenvalue weighted by Crippen LogP contribution is 2.16. The number of anilines is 1. The van der Waals surface area contributed by atoms with Crippen LogP contribution in [0.5, 0.6) is 0 Å². The lowest BCUT2D eigenvalue weighted by atomic mass is 10.0. The van der Waals surface area contributed by atoms with Crippen molar-refractivity contribution in [3.05, 3.63) is 65.2 Å². The summed E-state index contributed by atoms with van der Waals surface area (Å²) >= 11 is 0. The molecule has 0 saturated carbocycles. The fourth-order valence-electron chi connectivity index (χ4n) is 1.60. The van der Waals surface area contributed by atoms with Crippen molar-refractivity contribution >= 4 is 5.69 Å². The lowest BCUT2D eigenvalue weighted by molar-refractivity contribution is 0.588. The molecule has 82 valence electrons. The van der Waals surface area contributed by atoms with Crippen molar-refractivity contribution < 1.29 is 8.78 Å². The minimum absolute atomic E-state index is 0.339. The molecule has 0 amide bonds. The standard InChI is InChI=1S/C13H11F2N/c14-11-4-5-13(15)10(8-11)6-9-2-1-3-12(16)7-9/h1-5,7-8H,6,16H2. The maximum Gasteiger partial charge on any atom is 0.126 e. The Balaban J connectivity index is 2.30. The van der Waals surface area contributed by atoms with E-state index in [4.69, 9.17) is 5.73 Å². The molecule has 0 aliphatic rings. The summed E-state index contributed by atoms with van der Waals surface area (Å²) in [6, 6.07) is 10.6. The molecule has 2 N–H and O–H groups in total. The molecule has 2 aromatic rings. The van der Waals surface area contributed by atoms with Crippen molar-refractivity contribution in [2.75, 3.05) is 5.73 Å². The van der Waals surface area contributed by atoms with E-state index in [2.05, 4.69) is 0 Å². The molecular weight excluding hydrogens is 208 g/mol. The van der Waals surface area contributed by atoms with Gasteiger partial charge in [-0.2, -0.15) is 0 Å². The van der Waals surface area contributed by atoms with E-state index in [0.29, 0.717) is 17.7 Å². The van der Waals surface area contributed by atoms with E-state index >= 15 is 0 Å². The maximum atomic E-state index is 13.4. The molecule has 0 saturated heterocycles. The van der Waals surface area contributed by atoms with Gasteiger partial charge in [0, 0.05) is 12.1 Å². The van der Waals surface area contributed by atoms with Crippen LogP contribution in [0.15, 0.2) is 42.5 Å². The molecule has 3 heteroatoms. The third-order valence-corrected chi connectivity index (χ3v) is 2.35. The van der Waals surface area contributed by atoms with Crippen molar-refractivity contribution in [3.63, 3.8) is 0 Å². The third-order valence-electron chi connectivity index (χ3n) is 2.35. The minimum Gasteiger partial charge on any atom is -0.399 e. The quantitative estimate of drug-likeness (QED) is 0.771. The van der Waals surface area contributed by atoms with Crippen LogP contribution in [0.4, 0.5) is 14.5 Å². The lowest BCUT2D eigenvalue weighted by Crippen LogP contribution is -1.95. The predicted molar refractivity (Wildman–Crippen MR) is 60.0 cm³/mol. The average molecular weight is 219 g/mol. The molecule has 0 spiro atoms.